The van der Waals surface area contributed by atoms with E-state index < -0.39 is 0 Å². The lowest BCUT2D eigenvalue weighted by atomic mass is 10.5. The van der Waals surface area contributed by atoms with Crippen molar-refractivity contribution in [1.82, 2.24) is 15.1 Å². The van der Waals surface area contributed by atoms with Gasteiger partial charge in [0.1, 0.15) is 0 Å². The molecule has 1 aromatic heterocycles. The molecule has 0 N–H and O–H groups in total. The Labute approximate surface area is 125 Å². The fourth-order valence-electron chi connectivity index (χ4n) is 1.27. The minimum atomic E-state index is -0.136. The maximum Gasteiger partial charge on any atom is 0.233 e. The molecule has 0 fully saturated rings. The third-order valence-electron chi connectivity index (χ3n) is 2.28. The Bertz CT molecular complexity index is 453. The molecule has 1 aromatic rings. The number of nitrogens with zero attached hydrogens (tertiary/aromatic N) is 4. The monoisotopic (exact) mass is 316 g/mol. The molecular formula is C11H16N4OS3. The van der Waals surface area contributed by atoms with E-state index in [0.717, 1.165) is 21.8 Å². The van der Waals surface area contributed by atoms with Crippen LogP contribution in [0.25, 0.3) is 0 Å². The summed E-state index contributed by atoms with van der Waals surface area (Å²) in [6.07, 6.45) is 0. The number of rotatable bonds is 7. The molecule has 0 saturated heterocycles. The van der Waals surface area contributed by atoms with Crippen LogP contribution in [0.15, 0.2) is 8.68 Å². The molecule has 0 unspecified atom stereocenters. The average molecular weight is 316 g/mol. The zero-order chi connectivity index (χ0) is 14.3. The lowest BCUT2D eigenvalue weighted by Gasteiger charge is -2.17. The van der Waals surface area contributed by atoms with Crippen molar-refractivity contribution in [2.45, 2.75) is 34.7 Å². The third-order valence-corrected chi connectivity index (χ3v) is 5.40. The largest absolute Gasteiger partial charge is 0.343 e. The van der Waals surface area contributed by atoms with Gasteiger partial charge in [0.25, 0.3) is 0 Å². The highest BCUT2D eigenvalue weighted by atomic mass is 32.2. The Morgan fingerprint density at radius 3 is 2.63 bits per heavy atom. The van der Waals surface area contributed by atoms with E-state index in [1.807, 2.05) is 20.8 Å². The average Bonchev–Trinajstić information content (AvgIpc) is 2.85. The minimum absolute atomic E-state index is 0.116. The predicted molar refractivity (Wildman–Crippen MR) is 79.5 cm³/mol. The summed E-state index contributed by atoms with van der Waals surface area (Å²) in [5.74, 6) is 0.499. The van der Waals surface area contributed by atoms with Crippen LogP contribution >= 0.6 is 34.9 Å². The molecule has 0 bridgehead atoms. The number of amides is 1. The van der Waals surface area contributed by atoms with Gasteiger partial charge < -0.3 is 4.90 Å². The van der Waals surface area contributed by atoms with Crippen LogP contribution in [0.5, 0.6) is 0 Å². The molecule has 0 saturated carbocycles. The zero-order valence-corrected chi connectivity index (χ0v) is 13.6. The van der Waals surface area contributed by atoms with Gasteiger partial charge in [-0.1, -0.05) is 34.9 Å². The lowest BCUT2D eigenvalue weighted by Crippen LogP contribution is -2.31. The van der Waals surface area contributed by atoms with Crippen LogP contribution in [0.3, 0.4) is 0 Å². The van der Waals surface area contributed by atoms with Crippen LogP contribution in [-0.4, -0.2) is 45.1 Å². The summed E-state index contributed by atoms with van der Waals surface area (Å²) in [5.41, 5.74) is 0. The molecular weight excluding hydrogens is 300 g/mol. The van der Waals surface area contributed by atoms with Crippen LogP contribution in [0, 0.1) is 11.3 Å². The molecule has 19 heavy (non-hydrogen) atoms. The molecule has 1 amide bonds. The number of nitriles is 1. The lowest BCUT2D eigenvalue weighted by molar-refractivity contribution is -0.127. The Morgan fingerprint density at radius 1 is 1.42 bits per heavy atom. The molecule has 1 rings (SSSR count). The highest BCUT2D eigenvalue weighted by Crippen LogP contribution is 2.30. The van der Waals surface area contributed by atoms with E-state index >= 15 is 0 Å². The highest BCUT2D eigenvalue weighted by molar-refractivity contribution is 8.03. The molecule has 0 spiro atoms. The quantitative estimate of drug-likeness (QED) is 0.720. The second-order valence-corrected chi connectivity index (χ2v) is 7.37. The smallest absolute Gasteiger partial charge is 0.233 e. The first kappa shape index (κ1) is 16.3. The van der Waals surface area contributed by atoms with Crippen molar-refractivity contribution in [3.63, 3.8) is 0 Å². The Morgan fingerprint density at radius 2 is 2.05 bits per heavy atom. The molecule has 0 aliphatic heterocycles. The van der Waals surface area contributed by atoms with E-state index in [1.165, 1.54) is 34.9 Å². The van der Waals surface area contributed by atoms with Gasteiger partial charge in [-0.05, 0) is 20.8 Å². The Balaban J connectivity index is 2.46. The van der Waals surface area contributed by atoms with Crippen LogP contribution in [0.4, 0.5) is 0 Å². The molecule has 0 aliphatic rings. The van der Waals surface area contributed by atoms with Gasteiger partial charge in [0.05, 0.1) is 17.1 Å². The van der Waals surface area contributed by atoms with Gasteiger partial charge >= 0.3 is 0 Å². The molecule has 8 heteroatoms. The van der Waals surface area contributed by atoms with Crippen LogP contribution in [-0.2, 0) is 4.79 Å². The number of hydrogen-bond donors (Lipinski definition) is 0. The summed E-state index contributed by atoms with van der Waals surface area (Å²) in [5, 5.41) is 16.6. The summed E-state index contributed by atoms with van der Waals surface area (Å²) in [7, 11) is 0. The SMILES string of the molecule is CCN(CC)C(=O)CSc1nnc(S[C@@H](C)C#N)s1. The van der Waals surface area contributed by atoms with Gasteiger partial charge in [0, 0.05) is 13.1 Å². The summed E-state index contributed by atoms with van der Waals surface area (Å²) in [6, 6.07) is 2.14. The zero-order valence-electron chi connectivity index (χ0n) is 11.1. The summed E-state index contributed by atoms with van der Waals surface area (Å²) >= 11 is 4.22. The molecule has 5 nitrogen and oxygen atoms in total. The van der Waals surface area contributed by atoms with Gasteiger partial charge in [-0.25, -0.2) is 0 Å². The number of hydrogen-bond acceptors (Lipinski definition) is 7. The molecule has 0 radical (unpaired) electrons. The second kappa shape index (κ2) is 8.40. The fraction of sp³-hybridized carbons (Fsp3) is 0.636. The van der Waals surface area contributed by atoms with E-state index in [1.54, 1.807) is 4.90 Å². The molecule has 104 valence electrons. The Hall–Kier alpha value is -0.780. The van der Waals surface area contributed by atoms with Gasteiger partial charge in [0.2, 0.25) is 5.91 Å². The number of carbonyl (C=O) groups is 1. The first-order chi connectivity index (χ1) is 9.10. The molecule has 0 aliphatic carbocycles. The predicted octanol–water partition coefficient (Wildman–Crippen LogP) is 2.50. The van der Waals surface area contributed by atoms with Crippen molar-refractivity contribution in [2.75, 3.05) is 18.8 Å². The maximum absolute atomic E-state index is 11.8. The minimum Gasteiger partial charge on any atom is -0.343 e. The Kier molecular flexibility index (Phi) is 7.20. The summed E-state index contributed by atoms with van der Waals surface area (Å²) in [4.78, 5) is 13.6. The third kappa shape index (κ3) is 5.38. The molecule has 1 heterocycles. The second-order valence-electron chi connectivity index (χ2n) is 3.58. The van der Waals surface area contributed by atoms with E-state index in [-0.39, 0.29) is 11.2 Å². The van der Waals surface area contributed by atoms with E-state index in [4.69, 9.17) is 5.26 Å². The fourth-order valence-corrected chi connectivity index (χ4v) is 4.23. The highest BCUT2D eigenvalue weighted by Gasteiger charge is 2.13. The summed E-state index contributed by atoms with van der Waals surface area (Å²) in [6.45, 7) is 7.21. The molecule has 0 aromatic carbocycles. The number of carbonyl (C=O) groups excluding carboxylic acids is 1. The van der Waals surface area contributed by atoms with Crippen molar-refractivity contribution in [3.8, 4) is 6.07 Å². The normalized spacial score (nSPS) is 11.9. The van der Waals surface area contributed by atoms with Gasteiger partial charge in [-0.2, -0.15) is 5.26 Å². The maximum atomic E-state index is 11.8. The van der Waals surface area contributed by atoms with Gasteiger partial charge in [0.15, 0.2) is 8.68 Å². The standard InChI is InChI=1S/C11H16N4OS3/c1-4-15(5-2)9(16)7-17-10-13-14-11(19-10)18-8(3)6-12/h8H,4-5,7H2,1-3H3/t8-/m0/s1. The number of thioether (sulfide) groups is 2. The van der Waals surface area contributed by atoms with Crippen molar-refractivity contribution in [2.24, 2.45) is 0 Å². The van der Waals surface area contributed by atoms with Gasteiger partial charge in [-0.15, -0.1) is 10.2 Å². The first-order valence-corrected chi connectivity index (χ1v) is 8.59. The summed E-state index contributed by atoms with van der Waals surface area (Å²) < 4.78 is 1.54. The van der Waals surface area contributed by atoms with Crippen LogP contribution in [0.2, 0.25) is 0 Å². The van der Waals surface area contributed by atoms with E-state index in [2.05, 4.69) is 16.3 Å². The van der Waals surface area contributed by atoms with Crippen molar-refractivity contribution >= 4 is 40.8 Å². The topological polar surface area (TPSA) is 69.9 Å². The molecule has 1 atom stereocenters. The van der Waals surface area contributed by atoms with Crippen molar-refractivity contribution in [1.29, 1.82) is 5.26 Å². The number of aromatic nitrogens is 2. The van der Waals surface area contributed by atoms with Crippen molar-refractivity contribution < 1.29 is 4.79 Å². The van der Waals surface area contributed by atoms with Crippen molar-refractivity contribution in [3.05, 3.63) is 0 Å². The van der Waals surface area contributed by atoms with Crippen LogP contribution < -0.4 is 0 Å². The van der Waals surface area contributed by atoms with E-state index in [9.17, 15) is 4.79 Å². The first-order valence-electron chi connectivity index (χ1n) is 5.91. The van der Waals surface area contributed by atoms with Gasteiger partial charge in [-0.3, -0.25) is 4.79 Å². The van der Waals surface area contributed by atoms with Crippen LogP contribution in [0.1, 0.15) is 20.8 Å². The van der Waals surface area contributed by atoms with E-state index in [0.29, 0.717) is 5.75 Å².